The minimum absolute atomic E-state index is 0.642. The molecule has 0 radical (unpaired) electrons. The van der Waals surface area contributed by atoms with Crippen LogP contribution in [0.15, 0.2) is 30.6 Å². The summed E-state index contributed by atoms with van der Waals surface area (Å²) in [5.74, 6) is 0. The molecular weight excluding hydrogens is 234 g/mol. The molecule has 3 heteroatoms. The zero-order valence-corrected chi connectivity index (χ0v) is 12.1. The molecule has 0 amide bonds. The van der Waals surface area contributed by atoms with Gasteiger partial charge in [-0.1, -0.05) is 39.2 Å². The lowest BCUT2D eigenvalue weighted by atomic mass is 10.0. The minimum atomic E-state index is 0.642. The first-order chi connectivity index (χ1) is 9.35. The lowest BCUT2D eigenvalue weighted by Gasteiger charge is -2.17. The summed E-state index contributed by atoms with van der Waals surface area (Å²) >= 11 is 0. The van der Waals surface area contributed by atoms with E-state index >= 15 is 0 Å². The van der Waals surface area contributed by atoms with Crippen molar-refractivity contribution in [3.05, 3.63) is 36.2 Å². The molecule has 1 N–H and O–H groups in total. The molecule has 2 heterocycles. The van der Waals surface area contributed by atoms with Gasteiger partial charge in [0.25, 0.3) is 0 Å². The van der Waals surface area contributed by atoms with Gasteiger partial charge in [0.1, 0.15) is 0 Å². The highest BCUT2D eigenvalue weighted by Crippen LogP contribution is 2.12. The van der Waals surface area contributed by atoms with E-state index in [9.17, 15) is 0 Å². The SMILES string of the molecule is CCCCC(CCC)NCc1cnn2ccccc12. The summed E-state index contributed by atoms with van der Waals surface area (Å²) < 4.78 is 1.94. The second-order valence-electron chi connectivity index (χ2n) is 5.21. The molecule has 0 aliphatic carbocycles. The number of hydrogen-bond donors (Lipinski definition) is 1. The van der Waals surface area contributed by atoms with E-state index in [0.717, 1.165) is 6.54 Å². The fourth-order valence-electron chi connectivity index (χ4n) is 2.53. The highest BCUT2D eigenvalue weighted by Gasteiger charge is 2.08. The van der Waals surface area contributed by atoms with Crippen molar-refractivity contribution in [2.45, 2.75) is 58.5 Å². The summed E-state index contributed by atoms with van der Waals surface area (Å²) in [6, 6.07) is 6.85. The summed E-state index contributed by atoms with van der Waals surface area (Å²) in [5.41, 5.74) is 2.50. The van der Waals surface area contributed by atoms with Crippen LogP contribution in [-0.2, 0) is 6.54 Å². The molecule has 1 atom stereocenters. The van der Waals surface area contributed by atoms with Gasteiger partial charge in [-0.3, -0.25) is 0 Å². The van der Waals surface area contributed by atoms with Gasteiger partial charge in [0.2, 0.25) is 0 Å². The van der Waals surface area contributed by atoms with Crippen molar-refractivity contribution < 1.29 is 0 Å². The maximum Gasteiger partial charge on any atom is 0.0706 e. The highest BCUT2D eigenvalue weighted by molar-refractivity contribution is 5.53. The molecule has 1 unspecified atom stereocenters. The van der Waals surface area contributed by atoms with Crippen molar-refractivity contribution in [1.29, 1.82) is 0 Å². The number of hydrogen-bond acceptors (Lipinski definition) is 2. The Morgan fingerprint density at radius 3 is 2.89 bits per heavy atom. The number of unbranched alkanes of at least 4 members (excludes halogenated alkanes) is 1. The summed E-state index contributed by atoms with van der Waals surface area (Å²) in [6.07, 6.45) is 10.4. The Kier molecular flexibility index (Phi) is 5.40. The summed E-state index contributed by atoms with van der Waals surface area (Å²) in [7, 11) is 0. The van der Waals surface area contributed by atoms with E-state index < -0.39 is 0 Å². The molecule has 19 heavy (non-hydrogen) atoms. The number of nitrogens with one attached hydrogen (secondary N) is 1. The Morgan fingerprint density at radius 1 is 1.21 bits per heavy atom. The highest BCUT2D eigenvalue weighted by atomic mass is 15.2. The molecule has 0 saturated carbocycles. The predicted molar refractivity (Wildman–Crippen MR) is 80.3 cm³/mol. The third-order valence-corrected chi connectivity index (χ3v) is 3.63. The first-order valence-corrected chi connectivity index (χ1v) is 7.49. The second kappa shape index (κ2) is 7.29. The molecule has 0 aliphatic rings. The van der Waals surface area contributed by atoms with Crippen LogP contribution in [0.5, 0.6) is 0 Å². The van der Waals surface area contributed by atoms with Crippen molar-refractivity contribution in [3.63, 3.8) is 0 Å². The topological polar surface area (TPSA) is 29.3 Å². The van der Waals surface area contributed by atoms with Gasteiger partial charge in [-0.05, 0) is 25.0 Å². The van der Waals surface area contributed by atoms with Gasteiger partial charge in [0.05, 0.1) is 11.7 Å². The fraction of sp³-hybridized carbons (Fsp3) is 0.562. The first-order valence-electron chi connectivity index (χ1n) is 7.49. The van der Waals surface area contributed by atoms with Crippen LogP contribution < -0.4 is 5.32 Å². The zero-order chi connectivity index (χ0) is 13.5. The lowest BCUT2D eigenvalue weighted by Crippen LogP contribution is -2.28. The molecule has 0 saturated heterocycles. The summed E-state index contributed by atoms with van der Waals surface area (Å²) in [4.78, 5) is 0. The maximum absolute atomic E-state index is 4.38. The van der Waals surface area contributed by atoms with Crippen molar-refractivity contribution in [2.75, 3.05) is 0 Å². The van der Waals surface area contributed by atoms with Gasteiger partial charge >= 0.3 is 0 Å². The van der Waals surface area contributed by atoms with Gasteiger partial charge in [-0.2, -0.15) is 5.10 Å². The molecule has 2 aromatic rings. The van der Waals surface area contributed by atoms with E-state index in [2.05, 4.69) is 36.4 Å². The van der Waals surface area contributed by atoms with Crippen molar-refractivity contribution in [3.8, 4) is 0 Å². The largest absolute Gasteiger partial charge is 0.310 e. The van der Waals surface area contributed by atoms with E-state index in [1.807, 2.05) is 23.0 Å². The molecule has 2 aromatic heterocycles. The van der Waals surface area contributed by atoms with Crippen LogP contribution in [0, 0.1) is 0 Å². The Balaban J connectivity index is 1.96. The predicted octanol–water partition coefficient (Wildman–Crippen LogP) is 3.78. The smallest absolute Gasteiger partial charge is 0.0706 e. The van der Waals surface area contributed by atoms with Gasteiger partial charge in [-0.15, -0.1) is 0 Å². The van der Waals surface area contributed by atoms with E-state index in [-0.39, 0.29) is 0 Å². The third kappa shape index (κ3) is 3.80. The molecule has 3 nitrogen and oxygen atoms in total. The van der Waals surface area contributed by atoms with Crippen molar-refractivity contribution in [1.82, 2.24) is 14.9 Å². The maximum atomic E-state index is 4.38. The molecule has 0 bridgehead atoms. The van der Waals surface area contributed by atoms with Crippen LogP contribution in [0.1, 0.15) is 51.5 Å². The Morgan fingerprint density at radius 2 is 2.11 bits per heavy atom. The number of fused-ring (bicyclic) bond motifs is 1. The second-order valence-corrected chi connectivity index (χ2v) is 5.21. The molecular formula is C16H25N3. The Labute approximate surface area is 116 Å². The van der Waals surface area contributed by atoms with Crippen LogP contribution in [0.25, 0.3) is 5.52 Å². The summed E-state index contributed by atoms with van der Waals surface area (Å²) in [5, 5.41) is 8.08. The number of rotatable bonds is 8. The third-order valence-electron chi connectivity index (χ3n) is 3.63. The average Bonchev–Trinajstić information content (AvgIpc) is 2.85. The quantitative estimate of drug-likeness (QED) is 0.781. The van der Waals surface area contributed by atoms with Crippen LogP contribution in [0.4, 0.5) is 0 Å². The van der Waals surface area contributed by atoms with Crippen molar-refractivity contribution >= 4 is 5.52 Å². The molecule has 0 spiro atoms. The monoisotopic (exact) mass is 259 g/mol. The normalized spacial score (nSPS) is 12.9. The van der Waals surface area contributed by atoms with Gasteiger partial charge in [0, 0.05) is 24.3 Å². The fourth-order valence-corrected chi connectivity index (χ4v) is 2.53. The minimum Gasteiger partial charge on any atom is -0.310 e. The number of pyridine rings is 1. The van der Waals surface area contributed by atoms with Crippen LogP contribution in [0.2, 0.25) is 0 Å². The molecule has 104 valence electrons. The Bertz CT molecular complexity index is 489. The Hall–Kier alpha value is -1.35. The van der Waals surface area contributed by atoms with E-state index in [0.29, 0.717) is 6.04 Å². The molecule has 0 aliphatic heterocycles. The number of nitrogens with zero attached hydrogens (tertiary/aromatic N) is 2. The van der Waals surface area contributed by atoms with E-state index in [1.165, 1.54) is 43.2 Å². The van der Waals surface area contributed by atoms with Crippen LogP contribution >= 0.6 is 0 Å². The molecule has 0 aromatic carbocycles. The van der Waals surface area contributed by atoms with Crippen molar-refractivity contribution in [2.24, 2.45) is 0 Å². The first kappa shape index (κ1) is 14.1. The molecule has 2 rings (SSSR count). The van der Waals surface area contributed by atoms with Gasteiger partial charge in [0.15, 0.2) is 0 Å². The number of aromatic nitrogens is 2. The van der Waals surface area contributed by atoms with Crippen LogP contribution in [-0.4, -0.2) is 15.7 Å². The summed E-state index contributed by atoms with van der Waals surface area (Å²) in [6.45, 7) is 5.44. The zero-order valence-electron chi connectivity index (χ0n) is 12.1. The average molecular weight is 259 g/mol. The van der Waals surface area contributed by atoms with Crippen LogP contribution in [0.3, 0.4) is 0 Å². The molecule has 0 fully saturated rings. The van der Waals surface area contributed by atoms with E-state index in [4.69, 9.17) is 0 Å². The standard InChI is InChI=1S/C16H25N3/c1-3-5-9-15(8-4-2)17-12-14-13-18-19-11-7-6-10-16(14)19/h6-7,10-11,13,15,17H,3-5,8-9,12H2,1-2H3. The van der Waals surface area contributed by atoms with Gasteiger partial charge < -0.3 is 5.32 Å². The van der Waals surface area contributed by atoms with Gasteiger partial charge in [-0.25, -0.2) is 4.52 Å². The lowest BCUT2D eigenvalue weighted by molar-refractivity contribution is 0.434. The van der Waals surface area contributed by atoms with E-state index in [1.54, 1.807) is 0 Å².